The minimum absolute atomic E-state index is 0.843. The first kappa shape index (κ1) is 38.3. The highest BCUT2D eigenvalue weighted by molar-refractivity contribution is 6.29. The smallest absolute Gasteiger partial charge is 0.145 e. The van der Waals surface area contributed by atoms with Crippen LogP contribution in [-0.2, 0) is 6.42 Å². The van der Waals surface area contributed by atoms with Crippen LogP contribution in [0.3, 0.4) is 0 Å². The molecule has 0 fully saturated rings. The number of para-hydroxylation sites is 5. The average molecular weight is 922 g/mol. The fourth-order valence-corrected chi connectivity index (χ4v) is 12.6. The molecule has 0 radical (unpaired) electrons. The maximum atomic E-state index is 7.35. The van der Waals surface area contributed by atoms with E-state index in [2.05, 4.69) is 214 Å². The predicted molar refractivity (Wildman–Crippen MR) is 296 cm³/mol. The minimum atomic E-state index is 0.843. The van der Waals surface area contributed by atoms with Crippen LogP contribution in [0.1, 0.15) is 23.3 Å². The summed E-state index contributed by atoms with van der Waals surface area (Å²) in [5.41, 5.74) is 18.4. The van der Waals surface area contributed by atoms with E-state index < -0.39 is 0 Å². The van der Waals surface area contributed by atoms with Crippen molar-refractivity contribution in [3.05, 3.63) is 223 Å². The third kappa shape index (κ3) is 5.12. The zero-order valence-corrected chi connectivity index (χ0v) is 38.7. The van der Waals surface area contributed by atoms with E-state index >= 15 is 0 Å². The van der Waals surface area contributed by atoms with Crippen LogP contribution in [0.5, 0.6) is 0 Å². The van der Waals surface area contributed by atoms with Gasteiger partial charge in [0.25, 0.3) is 0 Å². The molecule has 0 amide bonds. The number of nitrogens with zero attached hydrogens (tertiary/aromatic N) is 3. The summed E-state index contributed by atoms with van der Waals surface area (Å²) in [6.45, 7) is 0. The Morgan fingerprint density at radius 1 is 0.306 bits per heavy atom. The molecule has 0 N–H and O–H groups in total. The molecule has 0 unspecified atom stereocenters. The zero-order valence-electron chi connectivity index (χ0n) is 38.7. The van der Waals surface area contributed by atoms with Gasteiger partial charge in [-0.2, -0.15) is 0 Å². The summed E-state index contributed by atoms with van der Waals surface area (Å²) in [7, 11) is 0. The summed E-state index contributed by atoms with van der Waals surface area (Å²) in [5, 5.41) is 12.6. The van der Waals surface area contributed by atoms with Crippen molar-refractivity contribution in [1.82, 2.24) is 13.7 Å². The van der Waals surface area contributed by atoms with Gasteiger partial charge in [-0.25, -0.2) is 0 Å². The maximum absolute atomic E-state index is 7.35. The molecule has 0 spiro atoms. The number of fused-ring (bicyclic) bond motifs is 20. The van der Waals surface area contributed by atoms with E-state index in [1.165, 1.54) is 32.9 Å². The number of allylic oxidation sites excluding steroid dienone is 1. The van der Waals surface area contributed by atoms with Gasteiger partial charge in [0.2, 0.25) is 0 Å². The first-order valence-corrected chi connectivity index (χ1v) is 24.8. The van der Waals surface area contributed by atoms with Crippen LogP contribution in [0.4, 0.5) is 0 Å². The fourth-order valence-electron chi connectivity index (χ4n) is 12.6. The van der Waals surface area contributed by atoms with Crippen LogP contribution in [0.25, 0.3) is 149 Å². The van der Waals surface area contributed by atoms with Crippen LogP contribution < -0.4 is 0 Å². The molecule has 6 nitrogen and oxygen atoms in total. The molecule has 336 valence electrons. The van der Waals surface area contributed by atoms with E-state index in [0.29, 0.717) is 0 Å². The van der Waals surface area contributed by atoms with Crippen molar-refractivity contribution >= 4 is 132 Å². The Morgan fingerprint density at radius 2 is 0.833 bits per heavy atom. The molecule has 10 aromatic carbocycles. The van der Waals surface area contributed by atoms with Crippen molar-refractivity contribution in [2.24, 2.45) is 0 Å². The van der Waals surface area contributed by atoms with Gasteiger partial charge in [-0.05, 0) is 133 Å². The van der Waals surface area contributed by atoms with Crippen LogP contribution >= 0.6 is 0 Å². The van der Waals surface area contributed by atoms with E-state index in [9.17, 15) is 0 Å². The molecule has 16 aromatic rings. The van der Waals surface area contributed by atoms with Gasteiger partial charge in [0.1, 0.15) is 33.7 Å². The number of benzene rings is 10. The van der Waals surface area contributed by atoms with Gasteiger partial charge in [-0.1, -0.05) is 97.1 Å². The highest BCUT2D eigenvalue weighted by atomic mass is 16.3. The Morgan fingerprint density at radius 3 is 1.56 bits per heavy atom. The lowest BCUT2D eigenvalue weighted by molar-refractivity contribution is 0.548. The summed E-state index contributed by atoms with van der Waals surface area (Å²) < 4.78 is 27.3. The summed E-state index contributed by atoms with van der Waals surface area (Å²) >= 11 is 0. The van der Waals surface area contributed by atoms with E-state index in [1.54, 1.807) is 0 Å². The molecule has 17 rings (SSSR count). The van der Waals surface area contributed by atoms with Crippen molar-refractivity contribution < 1.29 is 13.3 Å². The van der Waals surface area contributed by atoms with Gasteiger partial charge in [-0.3, -0.25) is 0 Å². The lowest BCUT2D eigenvalue weighted by Crippen LogP contribution is -1.97. The van der Waals surface area contributed by atoms with Gasteiger partial charge in [-0.15, -0.1) is 0 Å². The van der Waals surface area contributed by atoms with Gasteiger partial charge >= 0.3 is 0 Å². The molecule has 0 saturated heterocycles. The Hall–Kier alpha value is -9.52. The van der Waals surface area contributed by atoms with Crippen LogP contribution in [-0.4, -0.2) is 13.7 Å². The summed E-state index contributed by atoms with van der Waals surface area (Å²) in [6.07, 6.45) is 4.10. The number of hydrogen-bond donors (Lipinski definition) is 0. The molecule has 0 aliphatic heterocycles. The zero-order chi connectivity index (χ0) is 46.8. The molecule has 72 heavy (non-hydrogen) atoms. The Kier molecular flexibility index (Phi) is 7.49. The number of furan rings is 3. The summed E-state index contributed by atoms with van der Waals surface area (Å²) in [4.78, 5) is 0. The molecule has 1 aliphatic carbocycles. The maximum Gasteiger partial charge on any atom is 0.145 e. The Bertz CT molecular complexity index is 5050. The van der Waals surface area contributed by atoms with E-state index in [0.717, 1.165) is 140 Å². The summed E-state index contributed by atoms with van der Waals surface area (Å²) in [5.74, 6) is 1.04. The molecule has 6 aromatic heterocycles. The Labute approximate surface area is 410 Å². The molecule has 0 bridgehead atoms. The minimum Gasteiger partial charge on any atom is -0.460 e. The van der Waals surface area contributed by atoms with Crippen LogP contribution in [0.2, 0.25) is 0 Å². The number of rotatable bonds is 4. The monoisotopic (exact) mass is 921 g/mol. The largest absolute Gasteiger partial charge is 0.460 e. The number of aromatic nitrogens is 3. The third-order valence-corrected chi connectivity index (χ3v) is 15.7. The quantitative estimate of drug-likeness (QED) is 0.177. The highest BCUT2D eigenvalue weighted by Crippen LogP contribution is 2.46. The van der Waals surface area contributed by atoms with Crippen LogP contribution in [0, 0.1) is 0 Å². The van der Waals surface area contributed by atoms with E-state index in [4.69, 9.17) is 13.3 Å². The van der Waals surface area contributed by atoms with Gasteiger partial charge in [0, 0.05) is 77.5 Å². The van der Waals surface area contributed by atoms with Gasteiger partial charge in [0.05, 0.1) is 43.9 Å². The average Bonchev–Trinajstić information content (AvgIpc) is 4.29. The lowest BCUT2D eigenvalue weighted by atomic mass is 9.91. The second-order valence-electron chi connectivity index (χ2n) is 19.5. The molecule has 0 saturated carbocycles. The normalized spacial score (nSPS) is 13.2. The van der Waals surface area contributed by atoms with Crippen molar-refractivity contribution in [3.8, 4) is 17.1 Å². The van der Waals surface area contributed by atoms with Crippen molar-refractivity contribution in [1.29, 1.82) is 0 Å². The molecular formula is C66H39N3O3. The molecule has 0 atom stereocenters. The van der Waals surface area contributed by atoms with E-state index in [1.807, 2.05) is 12.1 Å². The predicted octanol–water partition coefficient (Wildman–Crippen LogP) is 18.0. The first-order valence-electron chi connectivity index (χ1n) is 24.8. The molecule has 6 heteroatoms. The first-order chi connectivity index (χ1) is 35.7. The topological polar surface area (TPSA) is 54.2 Å². The van der Waals surface area contributed by atoms with Gasteiger partial charge in [0.15, 0.2) is 0 Å². The lowest BCUT2D eigenvalue weighted by Gasteiger charge is -2.13. The third-order valence-electron chi connectivity index (χ3n) is 15.7. The number of aryl methyl sites for hydroxylation is 1. The standard InChI is InChI=1S/C66H39N3O3/c1-2-12-40(13-3-1)67-53-18-8-4-14-43(53)49-36-41(24-28-56(49)67)68-54-19-9-5-16-47(54)63-57(68)29-26-45-46-27-30-58-64(66(46)72-65(45)63)48-17-6-10-20-55(48)69(58)42-25-33-62-52(37-42)51-35-39(23-32-61(51)71-62)38-22-31-60-50(34-38)44-15-7-11-21-59(44)70-60/h1-22,24-31,33-37H,23,32H2. The van der Waals surface area contributed by atoms with Crippen LogP contribution in [0.15, 0.2) is 220 Å². The number of hydrogen-bond acceptors (Lipinski definition) is 3. The SMILES string of the molecule is C1=C(c2ccc3oc4ccccc4c3c2)CCc2oc3ccc(-n4c5ccccc5c5c6oc7c(ccc8c7c7ccccc7n8-c7ccc8c(c7)c7ccccc7n8-c7ccccc7)c6ccc54)cc3c21. The second kappa shape index (κ2) is 14.1. The fraction of sp³-hybridized carbons (Fsp3) is 0.0303. The molecule has 6 heterocycles. The van der Waals surface area contributed by atoms with Gasteiger partial charge < -0.3 is 27.0 Å². The van der Waals surface area contributed by atoms with Crippen molar-refractivity contribution in [3.63, 3.8) is 0 Å². The Balaban J connectivity index is 0.841. The van der Waals surface area contributed by atoms with Crippen molar-refractivity contribution in [2.45, 2.75) is 12.8 Å². The highest BCUT2D eigenvalue weighted by Gasteiger charge is 2.25. The van der Waals surface area contributed by atoms with E-state index in [-0.39, 0.29) is 0 Å². The van der Waals surface area contributed by atoms with Crippen molar-refractivity contribution in [2.75, 3.05) is 0 Å². The molecule has 1 aliphatic rings. The second-order valence-corrected chi connectivity index (χ2v) is 19.5. The molecular weight excluding hydrogens is 883 g/mol. The summed E-state index contributed by atoms with van der Waals surface area (Å²) in [6, 6.07) is 74.4.